The highest BCUT2D eigenvalue weighted by Gasteiger charge is 2.41. The Kier molecular flexibility index (Phi) is 15.1. The smallest absolute Gasteiger partial charge is 0.183 e. The second-order valence-corrected chi connectivity index (χ2v) is 8.87. The molecule has 5 heteroatoms. The number of hydrogen-bond donors (Lipinski definition) is 3. The lowest BCUT2D eigenvalue weighted by atomic mass is 10.0. The van der Waals surface area contributed by atoms with E-state index in [4.69, 9.17) is 4.74 Å². The molecule has 0 bridgehead atoms. The zero-order chi connectivity index (χ0) is 19.0. The highest BCUT2D eigenvalue weighted by Crippen LogP contribution is 2.23. The van der Waals surface area contributed by atoms with Gasteiger partial charge in [-0.05, 0) is 12.2 Å². The fraction of sp³-hybridized carbons (Fsp3) is 1.00. The van der Waals surface area contributed by atoms with Crippen molar-refractivity contribution in [3.63, 3.8) is 0 Å². The molecule has 0 aromatic rings. The van der Waals surface area contributed by atoms with Gasteiger partial charge in [0.2, 0.25) is 0 Å². The first kappa shape index (κ1) is 24.2. The summed E-state index contributed by atoms with van der Waals surface area (Å²) in [4.78, 5) is 0. The lowest BCUT2D eigenvalue weighted by molar-refractivity contribution is -0.123. The van der Waals surface area contributed by atoms with E-state index in [1.807, 2.05) is 0 Å². The Morgan fingerprint density at radius 2 is 1.12 bits per heavy atom. The molecule has 0 saturated carbocycles. The summed E-state index contributed by atoms with van der Waals surface area (Å²) in [6.07, 6.45) is 15.4. The summed E-state index contributed by atoms with van der Waals surface area (Å²) in [6.45, 7) is 2.27. The van der Waals surface area contributed by atoms with Crippen LogP contribution in [0, 0.1) is 0 Å². The van der Waals surface area contributed by atoms with Crippen molar-refractivity contribution >= 4 is 11.8 Å². The van der Waals surface area contributed by atoms with Crippen molar-refractivity contribution in [1.82, 2.24) is 0 Å². The van der Waals surface area contributed by atoms with Crippen molar-refractivity contribution in [3.8, 4) is 0 Å². The molecule has 0 radical (unpaired) electrons. The van der Waals surface area contributed by atoms with Crippen LogP contribution in [0.2, 0.25) is 0 Å². The van der Waals surface area contributed by atoms with Crippen LogP contribution in [-0.2, 0) is 4.74 Å². The van der Waals surface area contributed by atoms with E-state index in [-0.39, 0.29) is 0 Å². The van der Waals surface area contributed by atoms with E-state index < -0.39 is 24.6 Å². The molecule has 0 aliphatic carbocycles. The number of unbranched alkanes of at least 4 members (excludes halogenated alkanes) is 13. The summed E-state index contributed by atoms with van der Waals surface area (Å²) in [5, 5.41) is 28.5. The van der Waals surface area contributed by atoms with Gasteiger partial charge in [-0.25, -0.2) is 0 Å². The van der Waals surface area contributed by atoms with Crippen LogP contribution in [0.1, 0.15) is 96.8 Å². The molecule has 0 aromatic heterocycles. The van der Waals surface area contributed by atoms with Gasteiger partial charge in [0, 0.05) is 5.75 Å². The fourth-order valence-electron chi connectivity index (χ4n) is 3.46. The minimum Gasteiger partial charge on any atom is -0.387 e. The van der Waals surface area contributed by atoms with Crippen LogP contribution in [0.5, 0.6) is 0 Å². The van der Waals surface area contributed by atoms with Crippen molar-refractivity contribution in [2.75, 3.05) is 11.5 Å². The van der Waals surface area contributed by atoms with E-state index in [0.717, 1.165) is 5.75 Å². The molecule has 26 heavy (non-hydrogen) atoms. The summed E-state index contributed by atoms with van der Waals surface area (Å²) in [7, 11) is 0. The molecule has 0 amide bonds. The minimum atomic E-state index is -1.24. The van der Waals surface area contributed by atoms with E-state index in [2.05, 4.69) is 6.92 Å². The van der Waals surface area contributed by atoms with Crippen LogP contribution in [0.3, 0.4) is 0 Å². The Morgan fingerprint density at radius 1 is 0.654 bits per heavy atom. The van der Waals surface area contributed by atoms with E-state index in [1.54, 1.807) is 11.8 Å². The number of ether oxygens (including phenoxy) is 1. The van der Waals surface area contributed by atoms with E-state index in [0.29, 0.717) is 5.75 Å². The molecule has 1 heterocycles. The maximum absolute atomic E-state index is 9.71. The molecule has 1 fully saturated rings. The predicted molar refractivity (Wildman–Crippen MR) is 111 cm³/mol. The molecule has 1 aliphatic heterocycles. The third-order valence-electron chi connectivity index (χ3n) is 5.26. The van der Waals surface area contributed by atoms with E-state index >= 15 is 0 Å². The minimum absolute atomic E-state index is 0.448. The van der Waals surface area contributed by atoms with Crippen molar-refractivity contribution in [1.29, 1.82) is 0 Å². The van der Waals surface area contributed by atoms with E-state index in [9.17, 15) is 15.3 Å². The Morgan fingerprint density at radius 3 is 1.54 bits per heavy atom. The van der Waals surface area contributed by atoms with Crippen LogP contribution < -0.4 is 0 Å². The number of hydrogen-bond acceptors (Lipinski definition) is 5. The maximum atomic E-state index is 9.71. The molecule has 156 valence electrons. The Labute approximate surface area is 165 Å². The van der Waals surface area contributed by atoms with Crippen LogP contribution in [-0.4, -0.2) is 51.4 Å². The van der Waals surface area contributed by atoms with Crippen LogP contribution in [0.25, 0.3) is 0 Å². The maximum Gasteiger partial charge on any atom is 0.183 e. The van der Waals surface area contributed by atoms with Crippen molar-refractivity contribution < 1.29 is 20.1 Å². The lowest BCUT2D eigenvalue weighted by Gasteiger charge is -2.13. The summed E-state index contributed by atoms with van der Waals surface area (Å²) in [6, 6.07) is 0. The number of aliphatic hydroxyl groups is 3. The van der Waals surface area contributed by atoms with Gasteiger partial charge < -0.3 is 20.1 Å². The molecule has 0 aromatic carbocycles. The molecular weight excluding hydrogens is 348 g/mol. The van der Waals surface area contributed by atoms with Gasteiger partial charge in [0.25, 0.3) is 0 Å². The quantitative estimate of drug-likeness (QED) is 0.316. The van der Waals surface area contributed by atoms with Crippen molar-refractivity contribution in [2.24, 2.45) is 0 Å². The van der Waals surface area contributed by atoms with Crippen LogP contribution in [0.15, 0.2) is 0 Å². The van der Waals surface area contributed by atoms with Crippen molar-refractivity contribution in [3.05, 3.63) is 0 Å². The van der Waals surface area contributed by atoms with Crippen LogP contribution >= 0.6 is 11.8 Å². The first-order valence-corrected chi connectivity index (χ1v) is 12.1. The first-order chi connectivity index (χ1) is 12.7. The Hall–Kier alpha value is 0.190. The second-order valence-electron chi connectivity index (χ2n) is 7.72. The Balaban J connectivity index is 1.75. The van der Waals surface area contributed by atoms with Gasteiger partial charge in [-0.3, -0.25) is 0 Å². The highest BCUT2D eigenvalue weighted by molar-refractivity contribution is 7.99. The van der Waals surface area contributed by atoms with Gasteiger partial charge in [-0.1, -0.05) is 90.4 Å². The largest absolute Gasteiger partial charge is 0.387 e. The SMILES string of the molecule is CCCCCCCCCCCCCCCCSC[C@H]1OC(O)[C@H](O)[C@@H]1O. The molecule has 4 nitrogen and oxygen atoms in total. The lowest BCUT2D eigenvalue weighted by Crippen LogP contribution is -2.33. The van der Waals surface area contributed by atoms with Gasteiger partial charge in [-0.2, -0.15) is 11.8 Å². The molecule has 1 rings (SSSR count). The van der Waals surface area contributed by atoms with Crippen LogP contribution in [0.4, 0.5) is 0 Å². The molecule has 1 aliphatic rings. The molecule has 1 unspecified atom stereocenters. The average Bonchev–Trinajstić information content (AvgIpc) is 2.88. The highest BCUT2D eigenvalue weighted by atomic mass is 32.2. The number of thioether (sulfide) groups is 1. The van der Waals surface area contributed by atoms with Gasteiger partial charge in [0.15, 0.2) is 6.29 Å². The molecule has 1 saturated heterocycles. The fourth-order valence-corrected chi connectivity index (χ4v) is 4.55. The first-order valence-electron chi connectivity index (χ1n) is 10.9. The zero-order valence-corrected chi connectivity index (χ0v) is 17.6. The van der Waals surface area contributed by atoms with Crippen molar-refractivity contribution in [2.45, 2.75) is 121 Å². The monoisotopic (exact) mass is 390 g/mol. The third-order valence-corrected chi connectivity index (χ3v) is 6.40. The summed E-state index contributed by atoms with van der Waals surface area (Å²) in [5.41, 5.74) is 0. The average molecular weight is 391 g/mol. The van der Waals surface area contributed by atoms with Gasteiger partial charge in [-0.15, -0.1) is 0 Å². The number of rotatable bonds is 17. The molecule has 4 atom stereocenters. The van der Waals surface area contributed by atoms with Gasteiger partial charge in [0.05, 0.1) is 6.10 Å². The molecule has 0 spiro atoms. The number of aliphatic hydroxyl groups excluding tert-OH is 3. The van der Waals surface area contributed by atoms with Gasteiger partial charge >= 0.3 is 0 Å². The molecular formula is C21H42O4S. The second kappa shape index (κ2) is 16.2. The third kappa shape index (κ3) is 11.1. The summed E-state index contributed by atoms with van der Waals surface area (Å²) in [5.74, 6) is 1.69. The topological polar surface area (TPSA) is 69.9 Å². The molecule has 3 N–H and O–H groups in total. The van der Waals surface area contributed by atoms with Gasteiger partial charge in [0.1, 0.15) is 12.2 Å². The summed E-state index contributed by atoms with van der Waals surface area (Å²) >= 11 is 1.74. The normalized spacial score (nSPS) is 25.8. The van der Waals surface area contributed by atoms with E-state index in [1.165, 1.54) is 89.9 Å². The summed E-state index contributed by atoms with van der Waals surface area (Å²) < 4.78 is 5.14. The Bertz CT molecular complexity index is 316. The standard InChI is InChI=1S/C21H42O4S/c1-2-3-4-5-6-7-8-9-10-11-12-13-14-15-16-26-17-18-19(22)20(23)21(24)25-18/h18-24H,2-17H2,1H3/t18-,19-,20-,21?/m1/s1. The predicted octanol–water partition coefficient (Wildman–Crippen LogP) is 4.64. The zero-order valence-electron chi connectivity index (χ0n) is 16.8.